The lowest BCUT2D eigenvalue weighted by Gasteiger charge is -2.27. The van der Waals surface area contributed by atoms with E-state index >= 15 is 0 Å². The van der Waals surface area contributed by atoms with Gasteiger partial charge in [-0.3, -0.25) is 0 Å². The molecule has 17 heavy (non-hydrogen) atoms. The second-order valence-electron chi connectivity index (χ2n) is 5.41. The number of anilines is 1. The molecule has 1 saturated carbocycles. The van der Waals surface area contributed by atoms with Crippen molar-refractivity contribution in [3.8, 4) is 0 Å². The lowest BCUT2D eigenvalue weighted by atomic mass is 9.85. The quantitative estimate of drug-likeness (QED) is 0.838. The number of rotatable bonds is 5. The Kier molecular flexibility index (Phi) is 4.06. The van der Waals surface area contributed by atoms with Gasteiger partial charge < -0.3 is 10.2 Å². The Balaban J connectivity index is 1.86. The number of nitrogens with one attached hydrogen (secondary N) is 1. The van der Waals surface area contributed by atoms with Crippen LogP contribution < -0.4 is 10.2 Å². The molecule has 2 nitrogen and oxygen atoms in total. The molecule has 1 atom stereocenters. The standard InChI is InChI=1S/C15H24N2/c1-12(16-11-13-5-4-6-13)14-7-9-15(10-8-14)17(2)3/h7-10,12-13,16H,4-6,11H2,1-3H3. The van der Waals surface area contributed by atoms with Crippen molar-refractivity contribution in [3.63, 3.8) is 0 Å². The van der Waals surface area contributed by atoms with Gasteiger partial charge in [-0.05, 0) is 49.9 Å². The fourth-order valence-corrected chi connectivity index (χ4v) is 2.22. The number of hydrogen-bond acceptors (Lipinski definition) is 2. The van der Waals surface area contributed by atoms with Crippen molar-refractivity contribution < 1.29 is 0 Å². The summed E-state index contributed by atoms with van der Waals surface area (Å²) in [5.41, 5.74) is 2.65. The number of nitrogens with zero attached hydrogens (tertiary/aromatic N) is 1. The lowest BCUT2D eigenvalue weighted by Crippen LogP contribution is -2.29. The molecule has 0 heterocycles. The van der Waals surface area contributed by atoms with E-state index in [-0.39, 0.29) is 0 Å². The number of hydrogen-bond donors (Lipinski definition) is 1. The van der Waals surface area contributed by atoms with Crippen LogP contribution in [0.15, 0.2) is 24.3 Å². The molecule has 2 rings (SSSR count). The molecule has 0 aromatic heterocycles. The molecule has 0 spiro atoms. The molecule has 1 fully saturated rings. The Morgan fingerprint density at radius 3 is 2.35 bits per heavy atom. The summed E-state index contributed by atoms with van der Waals surface area (Å²) in [5, 5.41) is 3.64. The third kappa shape index (κ3) is 3.22. The van der Waals surface area contributed by atoms with Crippen LogP contribution in [-0.4, -0.2) is 20.6 Å². The van der Waals surface area contributed by atoms with Gasteiger partial charge in [0.25, 0.3) is 0 Å². The minimum Gasteiger partial charge on any atom is -0.378 e. The van der Waals surface area contributed by atoms with Gasteiger partial charge in [-0.2, -0.15) is 0 Å². The van der Waals surface area contributed by atoms with Crippen molar-refractivity contribution in [2.24, 2.45) is 5.92 Å². The molecule has 0 amide bonds. The highest BCUT2D eigenvalue weighted by Gasteiger charge is 2.17. The second-order valence-corrected chi connectivity index (χ2v) is 5.41. The van der Waals surface area contributed by atoms with Crippen LogP contribution in [0.5, 0.6) is 0 Å². The largest absolute Gasteiger partial charge is 0.378 e. The Morgan fingerprint density at radius 1 is 1.24 bits per heavy atom. The van der Waals surface area contributed by atoms with Gasteiger partial charge >= 0.3 is 0 Å². The van der Waals surface area contributed by atoms with Crippen molar-refractivity contribution >= 4 is 5.69 Å². The van der Waals surface area contributed by atoms with E-state index < -0.39 is 0 Å². The van der Waals surface area contributed by atoms with Gasteiger partial charge in [-0.1, -0.05) is 18.6 Å². The average Bonchev–Trinajstić information content (AvgIpc) is 2.27. The van der Waals surface area contributed by atoms with E-state index in [1.165, 1.54) is 37.1 Å². The summed E-state index contributed by atoms with van der Waals surface area (Å²) in [5.74, 6) is 0.929. The molecule has 1 N–H and O–H groups in total. The van der Waals surface area contributed by atoms with Crippen LogP contribution in [0.25, 0.3) is 0 Å². The van der Waals surface area contributed by atoms with E-state index in [4.69, 9.17) is 0 Å². The van der Waals surface area contributed by atoms with E-state index in [1.807, 2.05) is 0 Å². The molecule has 1 aliphatic carbocycles. The van der Waals surface area contributed by atoms with Crippen molar-refractivity contribution in [2.75, 3.05) is 25.5 Å². The molecular formula is C15H24N2. The predicted molar refractivity (Wildman–Crippen MR) is 74.5 cm³/mol. The number of benzene rings is 1. The van der Waals surface area contributed by atoms with Crippen molar-refractivity contribution in [2.45, 2.75) is 32.2 Å². The highest BCUT2D eigenvalue weighted by atomic mass is 15.1. The molecular weight excluding hydrogens is 208 g/mol. The summed E-state index contributed by atoms with van der Waals surface area (Å²) in [7, 11) is 4.15. The smallest absolute Gasteiger partial charge is 0.0361 e. The summed E-state index contributed by atoms with van der Waals surface area (Å²) in [4.78, 5) is 2.14. The first-order chi connectivity index (χ1) is 8.16. The molecule has 1 aromatic carbocycles. The maximum absolute atomic E-state index is 3.64. The van der Waals surface area contributed by atoms with Crippen LogP contribution in [0.4, 0.5) is 5.69 Å². The SMILES string of the molecule is CC(NCC1CCC1)c1ccc(N(C)C)cc1. The first kappa shape index (κ1) is 12.4. The molecule has 0 radical (unpaired) electrons. The van der Waals surface area contributed by atoms with Crippen LogP contribution in [0.2, 0.25) is 0 Å². The van der Waals surface area contributed by atoms with E-state index in [0.29, 0.717) is 6.04 Å². The molecule has 94 valence electrons. The summed E-state index contributed by atoms with van der Waals surface area (Å²) in [6.07, 6.45) is 4.26. The van der Waals surface area contributed by atoms with Gasteiger partial charge in [0.15, 0.2) is 0 Å². The highest BCUT2D eigenvalue weighted by molar-refractivity contribution is 5.46. The van der Waals surface area contributed by atoms with Crippen molar-refractivity contribution in [3.05, 3.63) is 29.8 Å². The van der Waals surface area contributed by atoms with Gasteiger partial charge in [-0.25, -0.2) is 0 Å². The van der Waals surface area contributed by atoms with Crippen LogP contribution >= 0.6 is 0 Å². The monoisotopic (exact) mass is 232 g/mol. The zero-order chi connectivity index (χ0) is 12.3. The van der Waals surface area contributed by atoms with Gasteiger partial charge in [0.1, 0.15) is 0 Å². The zero-order valence-corrected chi connectivity index (χ0v) is 11.2. The molecule has 1 unspecified atom stereocenters. The van der Waals surface area contributed by atoms with E-state index in [9.17, 15) is 0 Å². The van der Waals surface area contributed by atoms with E-state index in [2.05, 4.69) is 55.5 Å². The highest BCUT2D eigenvalue weighted by Crippen LogP contribution is 2.26. The first-order valence-corrected chi connectivity index (χ1v) is 6.67. The second kappa shape index (κ2) is 5.54. The Labute approximate surface area is 105 Å². The lowest BCUT2D eigenvalue weighted by molar-refractivity contribution is 0.292. The van der Waals surface area contributed by atoms with E-state index in [1.54, 1.807) is 0 Å². The Morgan fingerprint density at radius 2 is 1.88 bits per heavy atom. The minimum atomic E-state index is 0.465. The summed E-state index contributed by atoms with van der Waals surface area (Å²) in [6, 6.07) is 9.31. The summed E-state index contributed by atoms with van der Waals surface area (Å²) < 4.78 is 0. The van der Waals surface area contributed by atoms with Crippen LogP contribution in [0, 0.1) is 5.92 Å². The molecule has 2 heteroatoms. The van der Waals surface area contributed by atoms with Crippen LogP contribution in [0.3, 0.4) is 0 Å². The van der Waals surface area contributed by atoms with Crippen molar-refractivity contribution in [1.82, 2.24) is 5.32 Å². The summed E-state index contributed by atoms with van der Waals surface area (Å²) >= 11 is 0. The first-order valence-electron chi connectivity index (χ1n) is 6.67. The molecule has 0 aliphatic heterocycles. The Hall–Kier alpha value is -1.02. The fourth-order valence-electron chi connectivity index (χ4n) is 2.22. The topological polar surface area (TPSA) is 15.3 Å². The summed E-state index contributed by atoms with van der Waals surface area (Å²) in [6.45, 7) is 3.43. The van der Waals surface area contributed by atoms with Crippen molar-refractivity contribution in [1.29, 1.82) is 0 Å². The average molecular weight is 232 g/mol. The van der Waals surface area contributed by atoms with Crippen LogP contribution in [-0.2, 0) is 0 Å². The minimum absolute atomic E-state index is 0.465. The maximum atomic E-state index is 3.64. The normalized spacial score (nSPS) is 17.6. The van der Waals surface area contributed by atoms with Crippen LogP contribution in [0.1, 0.15) is 37.8 Å². The molecule has 1 aromatic rings. The third-order valence-electron chi connectivity index (χ3n) is 3.85. The van der Waals surface area contributed by atoms with Gasteiger partial charge in [0, 0.05) is 25.8 Å². The Bertz CT molecular complexity index is 338. The maximum Gasteiger partial charge on any atom is 0.0361 e. The van der Waals surface area contributed by atoms with E-state index in [0.717, 1.165) is 5.92 Å². The molecule has 0 saturated heterocycles. The van der Waals surface area contributed by atoms with Gasteiger partial charge in [0.05, 0.1) is 0 Å². The van der Waals surface area contributed by atoms with Gasteiger partial charge in [0.2, 0.25) is 0 Å². The predicted octanol–water partition coefficient (Wildman–Crippen LogP) is 3.20. The molecule has 1 aliphatic rings. The fraction of sp³-hybridized carbons (Fsp3) is 0.600. The molecule has 0 bridgehead atoms. The van der Waals surface area contributed by atoms with Gasteiger partial charge in [-0.15, -0.1) is 0 Å². The third-order valence-corrected chi connectivity index (χ3v) is 3.85. The zero-order valence-electron chi connectivity index (χ0n) is 11.2.